The third-order valence-corrected chi connectivity index (χ3v) is 19.2. The van der Waals surface area contributed by atoms with Gasteiger partial charge in [-0.15, -0.1) is 0 Å². The van der Waals surface area contributed by atoms with Crippen LogP contribution in [0.4, 0.5) is 0 Å². The van der Waals surface area contributed by atoms with Crippen molar-refractivity contribution in [1.82, 2.24) is 0 Å². The minimum Gasteiger partial charge on any atom is -0.462 e. The zero-order valence-corrected chi connectivity index (χ0v) is 64.1. The van der Waals surface area contributed by atoms with Gasteiger partial charge in [0, 0.05) is 25.7 Å². The standard InChI is InChI=1S/C77H146O17P2/c1-8-9-10-11-12-13-14-15-16-19-25-30-37-44-51-58-74(79)87-64-72(93-76(81)60-53-46-38-31-26-20-17-18-23-28-34-41-48-55-68(2)3)66-91-95(83,84)89-62-71(78)63-90-96(85,86)92-67-73(65-88-75(80)59-52-45-40-33-36-43-50-57-70(6)7)94-77(82)61-54-47-39-32-27-22-21-24-29-35-42-49-56-69(4)5/h13-16,68-73,78H,8-12,17-67H2,1-7H3,(H,83,84)(H,85,86)/b14-13-,16-15-/t71?,72-,73-/m1/s1. The SMILES string of the molecule is CCCCCC/C=C\C=C/CCCCCCCC(=O)OC[C@H](COP(=O)(O)OCC(O)COP(=O)(O)OC[C@@H](COC(=O)CCCCCCCCCC(C)C)OC(=O)CCCCCCCCCCCCCCC(C)C)OC(=O)CCCCCCCCCCCCCCCC(C)C. The molecule has 0 saturated carbocycles. The molecule has 3 unspecified atom stereocenters. The quantitative estimate of drug-likeness (QED) is 0.0169. The third-order valence-electron chi connectivity index (χ3n) is 17.3. The van der Waals surface area contributed by atoms with Gasteiger partial charge in [0.2, 0.25) is 0 Å². The van der Waals surface area contributed by atoms with E-state index in [1.54, 1.807) is 0 Å². The van der Waals surface area contributed by atoms with Gasteiger partial charge in [-0.3, -0.25) is 37.3 Å². The van der Waals surface area contributed by atoms with Crippen LogP contribution in [0.5, 0.6) is 0 Å². The second-order valence-corrected chi connectivity index (χ2v) is 31.4. The lowest BCUT2D eigenvalue weighted by Crippen LogP contribution is -2.30. The summed E-state index contributed by atoms with van der Waals surface area (Å²) >= 11 is 0. The Kier molecular flexibility index (Phi) is 65.3. The molecule has 566 valence electrons. The maximum absolute atomic E-state index is 13.1. The molecule has 0 aromatic heterocycles. The molecule has 3 N–H and O–H groups in total. The van der Waals surface area contributed by atoms with Crippen LogP contribution < -0.4 is 0 Å². The van der Waals surface area contributed by atoms with Crippen LogP contribution in [0, 0.1) is 17.8 Å². The molecule has 19 heteroatoms. The number of phosphoric ester groups is 2. The van der Waals surface area contributed by atoms with Crippen molar-refractivity contribution < 1.29 is 80.2 Å². The van der Waals surface area contributed by atoms with Crippen LogP contribution in [-0.2, 0) is 65.4 Å². The Labute approximate surface area is 586 Å². The summed E-state index contributed by atoms with van der Waals surface area (Å²) in [6.07, 6.45) is 56.3. The van der Waals surface area contributed by atoms with Crippen molar-refractivity contribution in [3.63, 3.8) is 0 Å². The van der Waals surface area contributed by atoms with Crippen LogP contribution in [0.25, 0.3) is 0 Å². The number of allylic oxidation sites excluding steroid dienone is 4. The summed E-state index contributed by atoms with van der Waals surface area (Å²) in [5, 5.41) is 10.6. The molecule has 0 heterocycles. The summed E-state index contributed by atoms with van der Waals surface area (Å²) in [6.45, 7) is 11.8. The molecule has 0 aromatic rings. The Morgan fingerprint density at radius 1 is 0.323 bits per heavy atom. The van der Waals surface area contributed by atoms with Gasteiger partial charge in [-0.25, -0.2) is 9.13 Å². The molecule has 0 aliphatic carbocycles. The molecule has 17 nitrogen and oxygen atoms in total. The van der Waals surface area contributed by atoms with Gasteiger partial charge in [-0.05, 0) is 69.1 Å². The van der Waals surface area contributed by atoms with E-state index in [2.05, 4.69) is 72.8 Å². The molecule has 0 rings (SSSR count). The second kappa shape index (κ2) is 67.1. The number of aliphatic hydroxyl groups is 1. The zero-order valence-electron chi connectivity index (χ0n) is 62.3. The van der Waals surface area contributed by atoms with E-state index in [1.807, 2.05) is 0 Å². The number of hydrogen-bond acceptors (Lipinski definition) is 15. The summed E-state index contributed by atoms with van der Waals surface area (Å²) in [7, 11) is -9.93. The van der Waals surface area contributed by atoms with Crippen LogP contribution in [-0.4, -0.2) is 96.7 Å². The highest BCUT2D eigenvalue weighted by molar-refractivity contribution is 7.47. The highest BCUT2D eigenvalue weighted by atomic mass is 31.2. The number of hydrogen-bond donors (Lipinski definition) is 3. The molecular weight excluding hydrogens is 1260 g/mol. The minimum absolute atomic E-state index is 0.1000. The predicted octanol–water partition coefficient (Wildman–Crippen LogP) is 22.1. The summed E-state index contributed by atoms with van der Waals surface area (Å²) in [4.78, 5) is 72.8. The van der Waals surface area contributed by atoms with Crippen molar-refractivity contribution in [2.45, 2.75) is 388 Å². The minimum atomic E-state index is -4.97. The summed E-state index contributed by atoms with van der Waals surface area (Å²) in [6, 6.07) is 0. The van der Waals surface area contributed by atoms with Crippen LogP contribution >= 0.6 is 15.6 Å². The number of phosphoric acid groups is 2. The highest BCUT2D eigenvalue weighted by Crippen LogP contribution is 2.45. The zero-order chi connectivity index (χ0) is 70.9. The van der Waals surface area contributed by atoms with Crippen molar-refractivity contribution in [1.29, 1.82) is 0 Å². The molecule has 0 saturated heterocycles. The van der Waals surface area contributed by atoms with Crippen molar-refractivity contribution in [2.75, 3.05) is 39.6 Å². The predicted molar refractivity (Wildman–Crippen MR) is 390 cm³/mol. The van der Waals surface area contributed by atoms with Gasteiger partial charge in [-0.1, -0.05) is 317 Å². The van der Waals surface area contributed by atoms with Crippen molar-refractivity contribution in [3.05, 3.63) is 24.3 Å². The molecule has 0 spiro atoms. The summed E-state index contributed by atoms with van der Waals surface area (Å²) in [5.41, 5.74) is 0. The fraction of sp³-hybridized carbons (Fsp3) is 0.896. The number of esters is 4. The topological polar surface area (TPSA) is 237 Å². The van der Waals surface area contributed by atoms with E-state index in [4.69, 9.17) is 37.0 Å². The number of carbonyl (C=O) groups excluding carboxylic acids is 4. The molecular formula is C77H146O17P2. The Morgan fingerprint density at radius 3 is 0.844 bits per heavy atom. The lowest BCUT2D eigenvalue weighted by Gasteiger charge is -2.21. The van der Waals surface area contributed by atoms with Crippen LogP contribution in [0.2, 0.25) is 0 Å². The van der Waals surface area contributed by atoms with Crippen LogP contribution in [0.3, 0.4) is 0 Å². The average molecular weight is 1410 g/mol. The van der Waals surface area contributed by atoms with Crippen molar-refractivity contribution in [2.24, 2.45) is 17.8 Å². The lowest BCUT2D eigenvalue weighted by molar-refractivity contribution is -0.161. The molecule has 5 atom stereocenters. The first-order chi connectivity index (χ1) is 46.2. The van der Waals surface area contributed by atoms with Gasteiger partial charge in [0.1, 0.15) is 19.3 Å². The maximum atomic E-state index is 13.1. The van der Waals surface area contributed by atoms with E-state index in [0.717, 1.165) is 127 Å². The Bertz CT molecular complexity index is 1960. The van der Waals surface area contributed by atoms with E-state index in [0.29, 0.717) is 31.6 Å². The first-order valence-electron chi connectivity index (χ1n) is 39.2. The lowest BCUT2D eigenvalue weighted by atomic mass is 10.0. The fourth-order valence-corrected chi connectivity index (χ4v) is 12.8. The van der Waals surface area contributed by atoms with Gasteiger partial charge >= 0.3 is 39.5 Å². The molecule has 96 heavy (non-hydrogen) atoms. The molecule has 0 fully saturated rings. The van der Waals surface area contributed by atoms with Crippen molar-refractivity contribution >= 4 is 39.5 Å². The Balaban J connectivity index is 5.29. The van der Waals surface area contributed by atoms with E-state index in [1.165, 1.54) is 154 Å². The third kappa shape index (κ3) is 70.0. The highest BCUT2D eigenvalue weighted by Gasteiger charge is 2.30. The number of rotatable bonds is 73. The van der Waals surface area contributed by atoms with Crippen LogP contribution in [0.1, 0.15) is 370 Å². The summed E-state index contributed by atoms with van der Waals surface area (Å²) < 4.78 is 68.5. The molecule has 0 radical (unpaired) electrons. The van der Waals surface area contributed by atoms with Crippen molar-refractivity contribution in [3.8, 4) is 0 Å². The smallest absolute Gasteiger partial charge is 0.462 e. The first kappa shape index (κ1) is 93.5. The van der Waals surface area contributed by atoms with Gasteiger partial charge in [0.15, 0.2) is 12.2 Å². The number of carbonyl (C=O) groups is 4. The normalized spacial score (nSPS) is 14.2. The molecule has 0 aromatic carbocycles. The molecule has 0 aliphatic rings. The van der Waals surface area contributed by atoms with E-state index in [-0.39, 0.29) is 25.7 Å². The second-order valence-electron chi connectivity index (χ2n) is 28.5. The Hall–Kier alpha value is -2.46. The van der Waals surface area contributed by atoms with Gasteiger partial charge in [0.05, 0.1) is 26.4 Å². The van der Waals surface area contributed by atoms with Crippen LogP contribution in [0.15, 0.2) is 24.3 Å². The Morgan fingerprint density at radius 2 is 0.562 bits per heavy atom. The van der Waals surface area contributed by atoms with E-state index >= 15 is 0 Å². The average Bonchev–Trinajstić information content (AvgIpc) is 2.61. The molecule has 0 bridgehead atoms. The summed E-state index contributed by atoms with van der Waals surface area (Å²) in [5.74, 6) is 0.116. The van der Waals surface area contributed by atoms with Gasteiger partial charge < -0.3 is 33.8 Å². The largest absolute Gasteiger partial charge is 0.472 e. The van der Waals surface area contributed by atoms with E-state index < -0.39 is 97.5 Å². The number of ether oxygens (including phenoxy) is 4. The molecule has 0 amide bonds. The van der Waals surface area contributed by atoms with E-state index in [9.17, 15) is 43.2 Å². The monoisotopic (exact) mass is 1410 g/mol. The van der Waals surface area contributed by atoms with Gasteiger partial charge in [-0.2, -0.15) is 0 Å². The fourth-order valence-electron chi connectivity index (χ4n) is 11.2. The first-order valence-corrected chi connectivity index (χ1v) is 42.2. The number of unbranched alkanes of at least 4 members (excludes halogenated alkanes) is 38. The molecule has 0 aliphatic heterocycles. The van der Waals surface area contributed by atoms with Gasteiger partial charge in [0.25, 0.3) is 0 Å². The number of aliphatic hydroxyl groups excluding tert-OH is 1. The maximum Gasteiger partial charge on any atom is 0.472 e.